The van der Waals surface area contributed by atoms with Crippen LogP contribution in [0.5, 0.6) is 0 Å². The number of nitrogens with zero attached hydrogens (tertiary/aromatic N) is 4. The van der Waals surface area contributed by atoms with E-state index in [1.807, 2.05) is 50.8 Å². The fourth-order valence-electron chi connectivity index (χ4n) is 2.40. The molecule has 0 aliphatic rings. The van der Waals surface area contributed by atoms with Gasteiger partial charge in [-0.2, -0.15) is 0 Å². The maximum Gasteiger partial charge on any atom is 0.353 e. The third-order valence-corrected chi connectivity index (χ3v) is 3.91. The lowest BCUT2D eigenvalue weighted by Gasteiger charge is -2.20. The molecule has 2 rings (SSSR count). The molecule has 0 bridgehead atoms. The van der Waals surface area contributed by atoms with Crippen LogP contribution in [-0.2, 0) is 0 Å². The molecular formula is C16H21N5O2. The first-order chi connectivity index (χ1) is 11.0. The Balaban J connectivity index is 2.52. The van der Waals surface area contributed by atoms with Gasteiger partial charge in [-0.15, -0.1) is 0 Å². The van der Waals surface area contributed by atoms with E-state index in [2.05, 4.69) is 15.3 Å². The highest BCUT2D eigenvalue weighted by Gasteiger charge is 2.26. The van der Waals surface area contributed by atoms with Crippen LogP contribution in [0.4, 0.5) is 23.0 Å². The first kappa shape index (κ1) is 16.7. The second-order valence-corrected chi connectivity index (χ2v) is 5.20. The van der Waals surface area contributed by atoms with Gasteiger partial charge in [0.1, 0.15) is 6.33 Å². The van der Waals surface area contributed by atoms with Gasteiger partial charge in [-0.25, -0.2) is 9.97 Å². The summed E-state index contributed by atoms with van der Waals surface area (Å²) >= 11 is 0. The van der Waals surface area contributed by atoms with Crippen LogP contribution in [0.2, 0.25) is 0 Å². The highest BCUT2D eigenvalue weighted by atomic mass is 16.6. The van der Waals surface area contributed by atoms with Crippen molar-refractivity contribution in [2.45, 2.75) is 27.7 Å². The van der Waals surface area contributed by atoms with Crippen LogP contribution < -0.4 is 10.2 Å². The number of hydrogen-bond donors (Lipinski definition) is 1. The van der Waals surface area contributed by atoms with Crippen molar-refractivity contribution in [3.05, 3.63) is 45.8 Å². The van der Waals surface area contributed by atoms with E-state index < -0.39 is 4.92 Å². The Bertz CT molecular complexity index is 714. The maximum atomic E-state index is 11.6. The highest BCUT2D eigenvalue weighted by Crippen LogP contribution is 2.34. The topological polar surface area (TPSA) is 84.2 Å². The molecule has 2 aromatic rings. The lowest BCUT2D eigenvalue weighted by molar-refractivity contribution is -0.383. The molecule has 0 saturated heterocycles. The van der Waals surface area contributed by atoms with E-state index in [1.165, 1.54) is 6.33 Å². The van der Waals surface area contributed by atoms with Crippen LogP contribution >= 0.6 is 0 Å². The molecule has 0 amide bonds. The van der Waals surface area contributed by atoms with E-state index in [-0.39, 0.29) is 11.5 Å². The number of aryl methyl sites for hydroxylation is 1. The van der Waals surface area contributed by atoms with Crippen LogP contribution in [0.3, 0.4) is 0 Å². The first-order valence-corrected chi connectivity index (χ1v) is 7.57. The number of benzene rings is 1. The summed E-state index contributed by atoms with van der Waals surface area (Å²) in [5.74, 6) is 0.545. The van der Waals surface area contributed by atoms with Gasteiger partial charge in [0.15, 0.2) is 0 Å². The van der Waals surface area contributed by atoms with Crippen molar-refractivity contribution in [1.29, 1.82) is 0 Å². The van der Waals surface area contributed by atoms with Gasteiger partial charge in [-0.3, -0.25) is 10.1 Å². The Morgan fingerprint density at radius 1 is 1.22 bits per heavy atom. The molecule has 1 heterocycles. The SMILES string of the molecule is CCN(CC)c1ncnc(Nc2cccc(C)c2C)c1[N+](=O)[O-]. The standard InChI is InChI=1S/C16H21N5O2/c1-5-20(6-2)16-14(21(22)23)15(17-10-18-16)19-13-9-7-8-11(3)12(13)4/h7-10H,5-6H2,1-4H3,(H,17,18,19). The third-order valence-electron chi connectivity index (χ3n) is 3.91. The van der Waals surface area contributed by atoms with Gasteiger partial charge in [0.2, 0.25) is 11.6 Å². The summed E-state index contributed by atoms with van der Waals surface area (Å²) in [4.78, 5) is 21.2. The van der Waals surface area contributed by atoms with E-state index in [1.54, 1.807) is 0 Å². The van der Waals surface area contributed by atoms with Crippen molar-refractivity contribution in [3.8, 4) is 0 Å². The minimum absolute atomic E-state index is 0.0999. The van der Waals surface area contributed by atoms with Crippen molar-refractivity contribution in [3.63, 3.8) is 0 Å². The molecule has 0 unspecified atom stereocenters. The molecule has 0 radical (unpaired) electrons. The molecule has 7 heteroatoms. The maximum absolute atomic E-state index is 11.6. The molecule has 0 aliphatic carbocycles. The number of nitro groups is 1. The molecule has 1 aromatic carbocycles. The van der Waals surface area contributed by atoms with Crippen LogP contribution in [0.25, 0.3) is 0 Å². The van der Waals surface area contributed by atoms with Crippen molar-refractivity contribution >= 4 is 23.0 Å². The average Bonchev–Trinajstić information content (AvgIpc) is 2.53. The van der Waals surface area contributed by atoms with Gasteiger partial charge in [0.05, 0.1) is 4.92 Å². The van der Waals surface area contributed by atoms with Gasteiger partial charge in [-0.05, 0) is 44.9 Å². The van der Waals surface area contributed by atoms with E-state index in [0.717, 1.165) is 16.8 Å². The quantitative estimate of drug-likeness (QED) is 0.648. The Kier molecular flexibility index (Phi) is 5.10. The molecule has 0 atom stereocenters. The first-order valence-electron chi connectivity index (χ1n) is 7.57. The summed E-state index contributed by atoms with van der Waals surface area (Å²) in [6.07, 6.45) is 1.36. The largest absolute Gasteiger partial charge is 0.353 e. The lowest BCUT2D eigenvalue weighted by atomic mass is 10.1. The van der Waals surface area contributed by atoms with Gasteiger partial charge in [0.25, 0.3) is 0 Å². The molecule has 0 spiro atoms. The lowest BCUT2D eigenvalue weighted by Crippen LogP contribution is -2.24. The Morgan fingerprint density at radius 2 is 1.91 bits per heavy atom. The van der Waals surface area contributed by atoms with Gasteiger partial charge in [0, 0.05) is 18.8 Å². The number of hydrogen-bond acceptors (Lipinski definition) is 6. The summed E-state index contributed by atoms with van der Waals surface area (Å²) in [7, 11) is 0. The molecule has 23 heavy (non-hydrogen) atoms. The highest BCUT2D eigenvalue weighted by molar-refractivity contribution is 5.75. The molecule has 0 aliphatic heterocycles. The van der Waals surface area contributed by atoms with Crippen molar-refractivity contribution < 1.29 is 4.92 Å². The van der Waals surface area contributed by atoms with E-state index in [0.29, 0.717) is 18.9 Å². The Morgan fingerprint density at radius 3 is 2.52 bits per heavy atom. The van der Waals surface area contributed by atoms with E-state index in [9.17, 15) is 10.1 Å². The summed E-state index contributed by atoms with van der Waals surface area (Å²) in [6, 6.07) is 5.78. The normalized spacial score (nSPS) is 10.4. The minimum Gasteiger partial charge on any atom is -0.351 e. The van der Waals surface area contributed by atoms with Gasteiger partial charge in [-0.1, -0.05) is 12.1 Å². The number of aromatic nitrogens is 2. The van der Waals surface area contributed by atoms with Crippen molar-refractivity contribution in [2.75, 3.05) is 23.3 Å². The van der Waals surface area contributed by atoms with Crippen molar-refractivity contribution in [1.82, 2.24) is 9.97 Å². The fourth-order valence-corrected chi connectivity index (χ4v) is 2.40. The number of nitrogens with one attached hydrogen (secondary N) is 1. The summed E-state index contributed by atoms with van der Waals surface area (Å²) in [5, 5.41) is 14.7. The smallest absolute Gasteiger partial charge is 0.351 e. The molecule has 7 nitrogen and oxygen atoms in total. The molecule has 1 N–H and O–H groups in total. The van der Waals surface area contributed by atoms with Gasteiger partial charge < -0.3 is 10.2 Å². The molecule has 0 fully saturated rings. The van der Waals surface area contributed by atoms with Crippen LogP contribution in [0, 0.1) is 24.0 Å². The Labute approximate surface area is 135 Å². The van der Waals surface area contributed by atoms with Crippen LogP contribution in [0.15, 0.2) is 24.5 Å². The molecule has 0 saturated carbocycles. The number of anilines is 3. The predicted octanol–water partition coefficient (Wildman–Crippen LogP) is 3.59. The summed E-state index contributed by atoms with van der Waals surface area (Å²) < 4.78 is 0. The third kappa shape index (κ3) is 3.39. The second-order valence-electron chi connectivity index (χ2n) is 5.20. The van der Waals surface area contributed by atoms with Crippen LogP contribution in [-0.4, -0.2) is 28.0 Å². The monoisotopic (exact) mass is 315 g/mol. The van der Waals surface area contributed by atoms with Crippen molar-refractivity contribution in [2.24, 2.45) is 0 Å². The zero-order valence-corrected chi connectivity index (χ0v) is 13.8. The molecular weight excluding hydrogens is 294 g/mol. The van der Waals surface area contributed by atoms with Gasteiger partial charge >= 0.3 is 5.69 Å². The van der Waals surface area contributed by atoms with E-state index in [4.69, 9.17) is 0 Å². The summed E-state index contributed by atoms with van der Waals surface area (Å²) in [5.41, 5.74) is 2.84. The second kappa shape index (κ2) is 7.04. The summed E-state index contributed by atoms with van der Waals surface area (Å²) in [6.45, 7) is 9.11. The van der Waals surface area contributed by atoms with Crippen LogP contribution in [0.1, 0.15) is 25.0 Å². The zero-order chi connectivity index (χ0) is 17.0. The fraction of sp³-hybridized carbons (Fsp3) is 0.375. The predicted molar refractivity (Wildman–Crippen MR) is 91.4 cm³/mol. The number of rotatable bonds is 6. The Hall–Kier alpha value is -2.70. The average molecular weight is 315 g/mol. The van der Waals surface area contributed by atoms with E-state index >= 15 is 0 Å². The minimum atomic E-state index is -0.429. The zero-order valence-electron chi connectivity index (χ0n) is 13.8. The molecule has 1 aromatic heterocycles. The molecule has 122 valence electrons.